The smallest absolute Gasteiger partial charge is 0.336 e. The third-order valence-corrected chi connectivity index (χ3v) is 10.5. The van der Waals surface area contributed by atoms with Gasteiger partial charge in [0.05, 0.1) is 94.0 Å². The Bertz CT molecular complexity index is 2190. The maximum atomic E-state index is 13.4. The average Bonchev–Trinajstić information content (AvgIpc) is 3.26. The minimum Gasteiger partial charge on any atom is -0.466 e. The van der Waals surface area contributed by atoms with E-state index < -0.39 is 29.7 Å². The van der Waals surface area contributed by atoms with E-state index in [2.05, 4.69) is 21.3 Å². The molecule has 17 heteroatoms. The molecule has 4 rings (SSSR count). The standard InChI is InChI=1S/C48H62N4O13/c1-9-64-47(57)44-36(51-31(5)40(33(7)53)42(44)34-17-13-11-15-29(34)3)25-60-21-19-49-38(54)27-62-23-24-63-28-39(55)50-20-22-61-26-37-45(48(58)65-10-2)43(35-18-14-12-16-30(35)4)41(32(6)52-37)46(56)59-8/h11-18,42-43,51-52H,9-10,19-28H2,1-8H3,(H,49,54)(H,50,55). The van der Waals surface area contributed by atoms with Gasteiger partial charge in [0.1, 0.15) is 13.2 Å². The Morgan fingerprint density at radius 3 is 1.37 bits per heavy atom. The van der Waals surface area contributed by atoms with E-state index in [-0.39, 0.29) is 102 Å². The number of amides is 2. The van der Waals surface area contributed by atoms with Gasteiger partial charge in [-0.1, -0.05) is 48.5 Å². The summed E-state index contributed by atoms with van der Waals surface area (Å²) >= 11 is 0. The van der Waals surface area contributed by atoms with Gasteiger partial charge in [-0.25, -0.2) is 14.4 Å². The molecule has 0 radical (unpaired) electrons. The van der Waals surface area contributed by atoms with E-state index in [9.17, 15) is 28.8 Å². The largest absolute Gasteiger partial charge is 0.466 e. The maximum absolute atomic E-state index is 13.4. The van der Waals surface area contributed by atoms with Crippen molar-refractivity contribution < 1.29 is 61.9 Å². The Labute approximate surface area is 380 Å². The molecule has 2 heterocycles. The number of carbonyl (C=O) groups excluding carboxylic acids is 6. The lowest BCUT2D eigenvalue weighted by Gasteiger charge is -2.32. The number of nitrogens with one attached hydrogen (secondary N) is 4. The number of Topliss-reactive ketones (excluding diaryl/α,β-unsaturated/α-hetero) is 1. The Morgan fingerprint density at radius 2 is 0.969 bits per heavy atom. The number of hydrogen-bond donors (Lipinski definition) is 4. The molecule has 352 valence electrons. The van der Waals surface area contributed by atoms with Crippen LogP contribution in [0.25, 0.3) is 0 Å². The summed E-state index contributed by atoms with van der Waals surface area (Å²) in [6.45, 7) is 12.7. The van der Waals surface area contributed by atoms with E-state index in [0.717, 1.165) is 22.3 Å². The van der Waals surface area contributed by atoms with Gasteiger partial charge in [-0.3, -0.25) is 14.4 Å². The van der Waals surface area contributed by atoms with Crippen LogP contribution in [0, 0.1) is 13.8 Å². The van der Waals surface area contributed by atoms with Crippen LogP contribution in [0.2, 0.25) is 0 Å². The van der Waals surface area contributed by atoms with E-state index in [1.807, 2.05) is 62.4 Å². The molecule has 0 fully saturated rings. The van der Waals surface area contributed by atoms with E-state index >= 15 is 0 Å². The van der Waals surface area contributed by atoms with Crippen molar-refractivity contribution in [2.24, 2.45) is 0 Å². The van der Waals surface area contributed by atoms with Gasteiger partial charge in [-0.2, -0.15) is 0 Å². The molecule has 0 saturated carbocycles. The molecule has 2 aromatic rings. The molecule has 2 amide bonds. The summed E-state index contributed by atoms with van der Waals surface area (Å²) in [6, 6.07) is 15.0. The number of dihydropyridines is 2. The molecule has 2 aliphatic heterocycles. The number of allylic oxidation sites excluding steroid dienone is 3. The summed E-state index contributed by atoms with van der Waals surface area (Å²) < 4.78 is 38.4. The van der Waals surface area contributed by atoms with Crippen molar-refractivity contribution in [3.63, 3.8) is 0 Å². The molecule has 2 unspecified atom stereocenters. The summed E-state index contributed by atoms with van der Waals surface area (Å²) in [5.74, 6) is -4.05. The predicted molar refractivity (Wildman–Crippen MR) is 239 cm³/mol. The van der Waals surface area contributed by atoms with Gasteiger partial charge in [0.25, 0.3) is 0 Å². The minimum atomic E-state index is -0.757. The van der Waals surface area contributed by atoms with Crippen LogP contribution in [-0.4, -0.2) is 122 Å². The van der Waals surface area contributed by atoms with Gasteiger partial charge in [0.2, 0.25) is 11.8 Å². The van der Waals surface area contributed by atoms with Crippen LogP contribution in [0.15, 0.2) is 93.6 Å². The summed E-state index contributed by atoms with van der Waals surface area (Å²) in [7, 11) is 1.29. The highest BCUT2D eigenvalue weighted by molar-refractivity contribution is 6.02. The third-order valence-electron chi connectivity index (χ3n) is 10.5. The van der Waals surface area contributed by atoms with Crippen LogP contribution in [0.3, 0.4) is 0 Å². The lowest BCUT2D eigenvalue weighted by molar-refractivity contribution is -0.140. The van der Waals surface area contributed by atoms with E-state index in [4.69, 9.17) is 33.2 Å². The first-order valence-corrected chi connectivity index (χ1v) is 21.6. The molecule has 0 aliphatic carbocycles. The number of carbonyl (C=O) groups is 6. The highest BCUT2D eigenvalue weighted by atomic mass is 16.5. The first kappa shape index (κ1) is 51.5. The number of methoxy groups -OCH3 is 1. The monoisotopic (exact) mass is 902 g/mol. The van der Waals surface area contributed by atoms with Gasteiger partial charge in [0.15, 0.2) is 5.78 Å². The van der Waals surface area contributed by atoms with Crippen LogP contribution in [0.4, 0.5) is 0 Å². The fourth-order valence-electron chi connectivity index (χ4n) is 7.63. The third kappa shape index (κ3) is 14.2. The van der Waals surface area contributed by atoms with Crippen LogP contribution in [0.5, 0.6) is 0 Å². The Kier molecular flexibility index (Phi) is 20.6. The SMILES string of the molecule is CCOC(=O)C1=C(COCCNC(=O)COCCOCC(=O)NCCOCC2=C(C(=O)OCC)C(c3ccccc3C)C(C(=O)OC)=C(C)N2)NC(C)=C(C(C)=O)C1c1ccccc1C. The molecule has 0 spiro atoms. The number of esters is 3. The van der Waals surface area contributed by atoms with Gasteiger partial charge in [-0.15, -0.1) is 0 Å². The van der Waals surface area contributed by atoms with Crippen LogP contribution < -0.4 is 21.3 Å². The van der Waals surface area contributed by atoms with Crippen LogP contribution in [-0.2, 0) is 61.9 Å². The number of rotatable bonds is 25. The van der Waals surface area contributed by atoms with E-state index in [1.54, 1.807) is 27.7 Å². The molecule has 4 N–H and O–H groups in total. The number of aryl methyl sites for hydroxylation is 2. The number of hydrogen-bond acceptors (Lipinski definition) is 15. The number of ether oxygens (including phenoxy) is 7. The van der Waals surface area contributed by atoms with Crippen molar-refractivity contribution in [3.05, 3.63) is 116 Å². The number of ketones is 1. The highest BCUT2D eigenvalue weighted by Crippen LogP contribution is 2.42. The van der Waals surface area contributed by atoms with Crippen molar-refractivity contribution >= 4 is 35.5 Å². The van der Waals surface area contributed by atoms with Crippen LogP contribution >= 0.6 is 0 Å². The Balaban J connectivity index is 1.16. The molecular formula is C48H62N4O13. The molecule has 17 nitrogen and oxygen atoms in total. The zero-order chi connectivity index (χ0) is 47.5. The Morgan fingerprint density at radius 1 is 0.554 bits per heavy atom. The molecule has 65 heavy (non-hydrogen) atoms. The van der Waals surface area contributed by atoms with Gasteiger partial charge < -0.3 is 54.4 Å². The molecule has 0 aromatic heterocycles. The molecular weight excluding hydrogens is 841 g/mol. The molecule has 0 saturated heterocycles. The fraction of sp³-hybridized carbons (Fsp3) is 0.458. The predicted octanol–water partition coefficient (Wildman–Crippen LogP) is 3.62. The van der Waals surface area contributed by atoms with E-state index in [1.165, 1.54) is 14.0 Å². The topological polar surface area (TPSA) is 215 Å². The molecule has 0 bridgehead atoms. The summed E-state index contributed by atoms with van der Waals surface area (Å²) in [4.78, 5) is 77.3. The van der Waals surface area contributed by atoms with Crippen molar-refractivity contribution in [1.29, 1.82) is 0 Å². The van der Waals surface area contributed by atoms with Crippen molar-refractivity contribution in [1.82, 2.24) is 21.3 Å². The Hall–Kier alpha value is -6.14. The van der Waals surface area contributed by atoms with Crippen LogP contribution in [0.1, 0.15) is 68.7 Å². The molecule has 2 aromatic carbocycles. The average molecular weight is 903 g/mol. The van der Waals surface area contributed by atoms with Crippen molar-refractivity contribution in [3.8, 4) is 0 Å². The first-order chi connectivity index (χ1) is 31.2. The van der Waals surface area contributed by atoms with Crippen molar-refractivity contribution in [2.75, 3.05) is 86.3 Å². The second-order valence-corrected chi connectivity index (χ2v) is 15.1. The minimum absolute atomic E-state index is 0.00436. The molecule has 2 atom stereocenters. The maximum Gasteiger partial charge on any atom is 0.336 e. The summed E-state index contributed by atoms with van der Waals surface area (Å²) in [5.41, 5.74) is 6.71. The lowest BCUT2D eigenvalue weighted by atomic mass is 9.77. The van der Waals surface area contributed by atoms with Gasteiger partial charge in [0, 0.05) is 36.0 Å². The van der Waals surface area contributed by atoms with Gasteiger partial charge >= 0.3 is 17.9 Å². The lowest BCUT2D eigenvalue weighted by Crippen LogP contribution is -2.35. The molecule has 2 aliphatic rings. The normalized spacial score (nSPS) is 16.1. The highest BCUT2D eigenvalue weighted by Gasteiger charge is 2.40. The fourth-order valence-corrected chi connectivity index (χ4v) is 7.63. The van der Waals surface area contributed by atoms with Gasteiger partial charge in [-0.05, 0) is 70.7 Å². The summed E-state index contributed by atoms with van der Waals surface area (Å²) in [6.07, 6.45) is 0. The zero-order valence-corrected chi connectivity index (χ0v) is 38.6. The second kappa shape index (κ2) is 26.0. The summed E-state index contributed by atoms with van der Waals surface area (Å²) in [5, 5.41) is 11.7. The second-order valence-electron chi connectivity index (χ2n) is 15.1. The van der Waals surface area contributed by atoms with E-state index in [0.29, 0.717) is 39.5 Å². The first-order valence-electron chi connectivity index (χ1n) is 21.6. The number of benzene rings is 2. The van der Waals surface area contributed by atoms with Crippen molar-refractivity contribution in [2.45, 2.75) is 60.3 Å². The zero-order valence-electron chi connectivity index (χ0n) is 38.6. The quantitative estimate of drug-likeness (QED) is 0.0637.